The van der Waals surface area contributed by atoms with Crippen LogP contribution in [0.15, 0.2) is 29.3 Å². The number of alkyl halides is 3. The van der Waals surface area contributed by atoms with E-state index >= 15 is 0 Å². The van der Waals surface area contributed by atoms with Crippen LogP contribution in [0.5, 0.6) is 0 Å². The maximum Gasteiger partial charge on any atom is 0.416 e. The molecule has 3 rings (SSSR count). The van der Waals surface area contributed by atoms with Crippen molar-refractivity contribution < 1.29 is 22.7 Å². The Morgan fingerprint density at radius 3 is 2.61 bits per heavy atom. The van der Waals surface area contributed by atoms with E-state index in [2.05, 4.69) is 15.6 Å². The molecule has 1 aromatic rings. The van der Waals surface area contributed by atoms with Crippen LogP contribution in [0, 0.1) is 0 Å². The quantitative estimate of drug-likeness (QED) is 0.506. The Morgan fingerprint density at radius 2 is 2.03 bits per heavy atom. The number of carbonyl (C=O) groups is 1. The molecule has 1 saturated heterocycles. The summed E-state index contributed by atoms with van der Waals surface area (Å²) in [7, 11) is 3.34. The largest absolute Gasteiger partial charge is 0.416 e. The Hall–Kier alpha value is -2.29. The minimum absolute atomic E-state index is 0.00951. The number of amides is 1. The second-order valence-corrected chi connectivity index (χ2v) is 8.53. The van der Waals surface area contributed by atoms with Crippen LogP contribution in [0.4, 0.5) is 13.2 Å². The van der Waals surface area contributed by atoms with Gasteiger partial charge in [-0.1, -0.05) is 24.6 Å². The van der Waals surface area contributed by atoms with Gasteiger partial charge in [0.1, 0.15) is 6.54 Å². The molecule has 9 heteroatoms. The van der Waals surface area contributed by atoms with Gasteiger partial charge in [-0.25, -0.2) is 4.99 Å². The highest BCUT2D eigenvalue weighted by Crippen LogP contribution is 2.44. The van der Waals surface area contributed by atoms with Gasteiger partial charge in [-0.2, -0.15) is 13.2 Å². The molecule has 1 heterocycles. The highest BCUT2D eigenvalue weighted by Gasteiger charge is 2.40. The van der Waals surface area contributed by atoms with E-state index in [1.807, 2.05) is 0 Å². The molecule has 1 saturated carbocycles. The second kappa shape index (κ2) is 9.89. The molecule has 2 fully saturated rings. The summed E-state index contributed by atoms with van der Waals surface area (Å²) in [5, 5.41) is 6.50. The van der Waals surface area contributed by atoms with Crippen LogP contribution in [0.25, 0.3) is 0 Å². The van der Waals surface area contributed by atoms with Gasteiger partial charge >= 0.3 is 6.18 Å². The number of hydrogen-bond donors (Lipinski definition) is 2. The molecule has 172 valence electrons. The van der Waals surface area contributed by atoms with Crippen LogP contribution < -0.4 is 10.6 Å². The maximum absolute atomic E-state index is 13.2. The fourth-order valence-corrected chi connectivity index (χ4v) is 3.93. The average molecular weight is 441 g/mol. The topological polar surface area (TPSA) is 66.0 Å². The SMILES string of the molecule is CN(C)C(=O)CN=C(NCC1CCCO1)NCC1(c2cccc(C(F)(F)F)c2)CCC1. The number of halogens is 3. The molecule has 1 atom stereocenters. The first-order valence-corrected chi connectivity index (χ1v) is 10.7. The van der Waals surface area contributed by atoms with Crippen LogP contribution in [-0.4, -0.2) is 63.2 Å². The number of likely N-dealkylation sites (N-methyl/N-ethyl adjacent to an activating group) is 1. The molecule has 1 aliphatic heterocycles. The summed E-state index contributed by atoms with van der Waals surface area (Å²) in [5.74, 6) is 0.346. The lowest BCUT2D eigenvalue weighted by Gasteiger charge is -2.43. The number of aliphatic imine (C=N–C) groups is 1. The van der Waals surface area contributed by atoms with Crippen molar-refractivity contribution in [2.24, 2.45) is 4.99 Å². The van der Waals surface area contributed by atoms with Gasteiger partial charge in [0.15, 0.2) is 5.96 Å². The van der Waals surface area contributed by atoms with E-state index in [4.69, 9.17) is 4.74 Å². The number of guanidine groups is 1. The minimum Gasteiger partial charge on any atom is -0.376 e. The lowest BCUT2D eigenvalue weighted by molar-refractivity contribution is -0.137. The summed E-state index contributed by atoms with van der Waals surface area (Å²) in [6.45, 7) is 1.74. The zero-order valence-electron chi connectivity index (χ0n) is 18.1. The molecule has 6 nitrogen and oxygen atoms in total. The summed E-state index contributed by atoms with van der Waals surface area (Å²) in [6.07, 6.45) is 0.282. The maximum atomic E-state index is 13.2. The van der Waals surface area contributed by atoms with Crippen molar-refractivity contribution in [2.45, 2.75) is 49.8 Å². The zero-order valence-corrected chi connectivity index (χ0v) is 18.1. The molecule has 1 unspecified atom stereocenters. The number of rotatable bonds is 7. The van der Waals surface area contributed by atoms with E-state index in [-0.39, 0.29) is 24.0 Å². The Morgan fingerprint density at radius 1 is 1.26 bits per heavy atom. The first-order chi connectivity index (χ1) is 14.7. The van der Waals surface area contributed by atoms with Gasteiger partial charge in [-0.3, -0.25) is 4.79 Å². The van der Waals surface area contributed by atoms with Crippen LogP contribution in [-0.2, 0) is 21.1 Å². The summed E-state index contributed by atoms with van der Waals surface area (Å²) in [6, 6.07) is 5.60. The lowest BCUT2D eigenvalue weighted by atomic mass is 9.64. The first kappa shape index (κ1) is 23.4. The molecule has 0 radical (unpaired) electrons. The third kappa shape index (κ3) is 6.12. The Labute approximate surface area is 181 Å². The predicted molar refractivity (Wildman–Crippen MR) is 113 cm³/mol. The van der Waals surface area contributed by atoms with Crippen molar-refractivity contribution in [3.63, 3.8) is 0 Å². The first-order valence-electron chi connectivity index (χ1n) is 10.7. The molecule has 31 heavy (non-hydrogen) atoms. The van der Waals surface area contributed by atoms with E-state index in [9.17, 15) is 18.0 Å². The molecule has 2 N–H and O–H groups in total. The Balaban J connectivity index is 1.70. The smallest absolute Gasteiger partial charge is 0.376 e. The molecule has 0 bridgehead atoms. The summed E-state index contributed by atoms with van der Waals surface area (Å²) >= 11 is 0. The van der Waals surface area contributed by atoms with Crippen molar-refractivity contribution >= 4 is 11.9 Å². The van der Waals surface area contributed by atoms with Crippen molar-refractivity contribution in [1.82, 2.24) is 15.5 Å². The Bertz CT molecular complexity index is 785. The third-order valence-corrected chi connectivity index (χ3v) is 6.10. The van der Waals surface area contributed by atoms with Crippen LogP contribution >= 0.6 is 0 Å². The lowest BCUT2D eigenvalue weighted by Crippen LogP contribution is -2.50. The van der Waals surface area contributed by atoms with E-state index < -0.39 is 11.7 Å². The summed E-state index contributed by atoms with van der Waals surface area (Å²) in [4.78, 5) is 17.8. The normalized spacial score (nSPS) is 20.8. The number of ether oxygens (including phenoxy) is 1. The molecule has 1 aliphatic carbocycles. The van der Waals surface area contributed by atoms with Gasteiger partial charge in [0.25, 0.3) is 0 Å². The average Bonchev–Trinajstić information content (AvgIpc) is 3.21. The molecule has 1 aromatic carbocycles. The standard InChI is InChI=1S/C22H31F3N4O2/c1-29(2)19(30)14-27-20(26-13-18-8-4-11-31-18)28-15-21(9-5-10-21)16-6-3-7-17(12-16)22(23,24)25/h3,6-7,12,18H,4-5,8-11,13-15H2,1-2H3,(H2,26,27,28). The fraction of sp³-hybridized carbons (Fsp3) is 0.636. The minimum atomic E-state index is -4.36. The second-order valence-electron chi connectivity index (χ2n) is 8.53. The van der Waals surface area contributed by atoms with Crippen LogP contribution in [0.2, 0.25) is 0 Å². The van der Waals surface area contributed by atoms with Gasteiger partial charge in [0, 0.05) is 39.2 Å². The fourth-order valence-electron chi connectivity index (χ4n) is 3.93. The molecule has 0 aromatic heterocycles. The Kier molecular flexibility index (Phi) is 7.46. The molecule has 2 aliphatic rings. The van der Waals surface area contributed by atoms with Gasteiger partial charge in [-0.05, 0) is 37.3 Å². The highest BCUT2D eigenvalue weighted by molar-refractivity contribution is 5.84. The summed E-state index contributed by atoms with van der Waals surface area (Å²) < 4.78 is 45.2. The van der Waals surface area contributed by atoms with E-state index in [0.29, 0.717) is 24.6 Å². The molecular weight excluding hydrogens is 409 g/mol. The number of carbonyl (C=O) groups excluding carboxylic acids is 1. The number of nitrogens with one attached hydrogen (secondary N) is 2. The van der Waals surface area contributed by atoms with Crippen molar-refractivity contribution in [3.8, 4) is 0 Å². The van der Waals surface area contributed by atoms with Crippen molar-refractivity contribution in [3.05, 3.63) is 35.4 Å². The van der Waals surface area contributed by atoms with Gasteiger partial charge in [0.05, 0.1) is 11.7 Å². The van der Waals surface area contributed by atoms with Gasteiger partial charge in [-0.15, -0.1) is 0 Å². The predicted octanol–water partition coefficient (Wildman–Crippen LogP) is 2.93. The highest BCUT2D eigenvalue weighted by atomic mass is 19.4. The monoisotopic (exact) mass is 440 g/mol. The van der Waals surface area contributed by atoms with E-state index in [0.717, 1.165) is 44.8 Å². The number of benzene rings is 1. The number of nitrogens with zero attached hydrogens (tertiary/aromatic N) is 2. The molecule has 1 amide bonds. The van der Waals surface area contributed by atoms with Crippen LogP contribution in [0.1, 0.15) is 43.2 Å². The van der Waals surface area contributed by atoms with Gasteiger partial charge in [0.2, 0.25) is 5.91 Å². The van der Waals surface area contributed by atoms with E-state index in [1.54, 1.807) is 20.2 Å². The van der Waals surface area contributed by atoms with E-state index in [1.165, 1.54) is 17.0 Å². The molecule has 0 spiro atoms. The third-order valence-electron chi connectivity index (χ3n) is 6.10. The summed E-state index contributed by atoms with van der Waals surface area (Å²) in [5.41, 5.74) is -0.318. The number of hydrogen-bond acceptors (Lipinski definition) is 3. The zero-order chi connectivity index (χ0) is 22.5. The van der Waals surface area contributed by atoms with Gasteiger partial charge < -0.3 is 20.3 Å². The van der Waals surface area contributed by atoms with Crippen LogP contribution in [0.3, 0.4) is 0 Å². The van der Waals surface area contributed by atoms with Crippen molar-refractivity contribution in [2.75, 3.05) is 40.3 Å². The molecular formula is C22H31F3N4O2. The van der Waals surface area contributed by atoms with Crippen molar-refractivity contribution in [1.29, 1.82) is 0 Å².